The second-order valence-electron chi connectivity index (χ2n) is 7.60. The van der Waals surface area contributed by atoms with Gasteiger partial charge in [0.2, 0.25) is 5.91 Å². The molecule has 1 aliphatic rings. The smallest absolute Gasteiger partial charge is 0.253 e. The molecule has 2 aromatic rings. The van der Waals surface area contributed by atoms with Gasteiger partial charge < -0.3 is 15.0 Å². The van der Waals surface area contributed by atoms with E-state index in [1.54, 1.807) is 38.4 Å². The molecule has 0 bridgehead atoms. The van der Waals surface area contributed by atoms with Gasteiger partial charge in [0, 0.05) is 38.4 Å². The van der Waals surface area contributed by atoms with E-state index in [2.05, 4.69) is 22.3 Å². The lowest BCUT2D eigenvalue weighted by molar-refractivity contribution is -0.118. The first-order valence-corrected chi connectivity index (χ1v) is 10.0. The third-order valence-corrected chi connectivity index (χ3v) is 5.03. The number of ether oxygens (including phenoxy) is 1. The van der Waals surface area contributed by atoms with Crippen molar-refractivity contribution in [2.24, 2.45) is 0 Å². The number of piperidine rings is 1. The molecular weight excluding hydrogens is 366 g/mol. The van der Waals surface area contributed by atoms with Crippen molar-refractivity contribution in [3.8, 4) is 0 Å². The average molecular weight is 396 g/mol. The maximum Gasteiger partial charge on any atom is 0.253 e. The van der Waals surface area contributed by atoms with E-state index < -0.39 is 0 Å². The zero-order valence-electron chi connectivity index (χ0n) is 17.1. The molecule has 1 fully saturated rings. The summed E-state index contributed by atoms with van der Waals surface area (Å²) in [6, 6.07) is 17.2. The zero-order chi connectivity index (χ0) is 20.6. The van der Waals surface area contributed by atoms with Crippen LogP contribution in [0.3, 0.4) is 0 Å². The number of nitrogens with zero attached hydrogens (tertiary/aromatic N) is 2. The lowest BCUT2D eigenvalue weighted by Crippen LogP contribution is -2.41. The number of carbonyl (C=O) groups excluding carboxylic acids is 2. The molecule has 2 amide bonds. The highest BCUT2D eigenvalue weighted by atomic mass is 16.5. The van der Waals surface area contributed by atoms with Gasteiger partial charge in [0.05, 0.1) is 19.3 Å². The van der Waals surface area contributed by atoms with Crippen LogP contribution in [0.4, 0.5) is 5.69 Å². The van der Waals surface area contributed by atoms with Crippen molar-refractivity contribution in [1.29, 1.82) is 0 Å². The second-order valence-corrected chi connectivity index (χ2v) is 7.60. The third-order valence-electron chi connectivity index (χ3n) is 5.03. The van der Waals surface area contributed by atoms with E-state index in [9.17, 15) is 9.59 Å². The van der Waals surface area contributed by atoms with Crippen molar-refractivity contribution in [3.05, 3.63) is 65.7 Å². The average Bonchev–Trinajstić information content (AvgIpc) is 2.73. The van der Waals surface area contributed by atoms with Crippen LogP contribution in [0.1, 0.15) is 28.8 Å². The summed E-state index contributed by atoms with van der Waals surface area (Å²) in [5.41, 5.74) is 2.39. The fourth-order valence-electron chi connectivity index (χ4n) is 3.41. The summed E-state index contributed by atoms with van der Waals surface area (Å²) < 4.78 is 6.01. The molecule has 6 heteroatoms. The van der Waals surface area contributed by atoms with Crippen LogP contribution in [-0.4, -0.2) is 61.4 Å². The van der Waals surface area contributed by atoms with Crippen LogP contribution in [0.25, 0.3) is 0 Å². The molecule has 1 N–H and O–H groups in total. The largest absolute Gasteiger partial charge is 0.373 e. The van der Waals surface area contributed by atoms with E-state index in [0.29, 0.717) is 24.4 Å². The molecule has 1 saturated heterocycles. The van der Waals surface area contributed by atoms with Crippen molar-refractivity contribution in [2.45, 2.75) is 25.6 Å². The number of nitrogens with one attached hydrogen (secondary N) is 1. The van der Waals surface area contributed by atoms with Gasteiger partial charge in [0.1, 0.15) is 0 Å². The van der Waals surface area contributed by atoms with E-state index in [-0.39, 0.29) is 17.9 Å². The SMILES string of the molecule is CN(C)C(=O)c1cccc(NC(=O)CN2CCC(OCc3ccccc3)CC2)c1. The third kappa shape index (κ3) is 6.41. The number of anilines is 1. The summed E-state index contributed by atoms with van der Waals surface area (Å²) in [6.45, 7) is 2.66. The summed E-state index contributed by atoms with van der Waals surface area (Å²) in [4.78, 5) is 28.1. The number of hydrogen-bond acceptors (Lipinski definition) is 4. The molecule has 0 atom stereocenters. The Hall–Kier alpha value is -2.70. The van der Waals surface area contributed by atoms with Crippen molar-refractivity contribution in [1.82, 2.24) is 9.80 Å². The Balaban J connectivity index is 1.42. The predicted molar refractivity (Wildman–Crippen MR) is 114 cm³/mol. The lowest BCUT2D eigenvalue weighted by Gasteiger charge is -2.31. The Kier molecular flexibility index (Phi) is 7.38. The van der Waals surface area contributed by atoms with Crippen molar-refractivity contribution in [3.63, 3.8) is 0 Å². The van der Waals surface area contributed by atoms with Crippen LogP contribution < -0.4 is 5.32 Å². The van der Waals surface area contributed by atoms with Gasteiger partial charge in [-0.3, -0.25) is 14.5 Å². The maximum atomic E-state index is 12.4. The first kappa shape index (κ1) is 21.0. The topological polar surface area (TPSA) is 61.9 Å². The molecule has 1 aliphatic heterocycles. The van der Waals surface area contributed by atoms with E-state index >= 15 is 0 Å². The molecule has 6 nitrogen and oxygen atoms in total. The highest BCUT2D eigenvalue weighted by molar-refractivity contribution is 5.97. The fourth-order valence-corrected chi connectivity index (χ4v) is 3.41. The van der Waals surface area contributed by atoms with Crippen molar-refractivity contribution >= 4 is 17.5 Å². The minimum absolute atomic E-state index is 0.0666. The number of benzene rings is 2. The van der Waals surface area contributed by atoms with Gasteiger partial charge >= 0.3 is 0 Å². The predicted octanol–water partition coefficient (Wildman–Crippen LogP) is 3.01. The summed E-state index contributed by atoms with van der Waals surface area (Å²) >= 11 is 0. The highest BCUT2D eigenvalue weighted by Crippen LogP contribution is 2.16. The Morgan fingerprint density at radius 3 is 2.48 bits per heavy atom. The number of rotatable bonds is 7. The molecule has 0 unspecified atom stereocenters. The molecule has 29 heavy (non-hydrogen) atoms. The normalized spacial score (nSPS) is 15.1. The molecule has 0 saturated carbocycles. The summed E-state index contributed by atoms with van der Waals surface area (Å²) in [5, 5.41) is 2.90. The van der Waals surface area contributed by atoms with Gasteiger partial charge in [-0.15, -0.1) is 0 Å². The number of hydrogen-bond donors (Lipinski definition) is 1. The molecule has 1 heterocycles. The van der Waals surface area contributed by atoms with Crippen molar-refractivity contribution < 1.29 is 14.3 Å². The standard InChI is InChI=1S/C23H29N3O3/c1-25(2)23(28)19-9-6-10-20(15-19)24-22(27)16-26-13-11-21(12-14-26)29-17-18-7-4-3-5-8-18/h3-10,15,21H,11-14,16-17H2,1-2H3,(H,24,27). The zero-order valence-corrected chi connectivity index (χ0v) is 17.1. The van der Waals surface area contributed by atoms with Crippen LogP contribution in [0.15, 0.2) is 54.6 Å². The molecule has 154 valence electrons. The van der Waals surface area contributed by atoms with Gasteiger partial charge in [-0.2, -0.15) is 0 Å². The number of amides is 2. The van der Waals surface area contributed by atoms with Gasteiger partial charge in [-0.05, 0) is 36.6 Å². The molecular formula is C23H29N3O3. The summed E-state index contributed by atoms with van der Waals surface area (Å²) in [7, 11) is 3.42. The maximum absolute atomic E-state index is 12.4. The second kappa shape index (κ2) is 10.2. The van der Waals surface area contributed by atoms with E-state index in [4.69, 9.17) is 4.74 Å². The van der Waals surface area contributed by atoms with Gasteiger partial charge in [-0.25, -0.2) is 0 Å². The van der Waals surface area contributed by atoms with Gasteiger partial charge in [0.25, 0.3) is 5.91 Å². The van der Waals surface area contributed by atoms with E-state index in [1.165, 1.54) is 10.5 Å². The molecule has 0 aliphatic carbocycles. The number of carbonyl (C=O) groups is 2. The molecule has 3 rings (SSSR count). The molecule has 0 aromatic heterocycles. The molecule has 0 spiro atoms. The van der Waals surface area contributed by atoms with Crippen LogP contribution in [0, 0.1) is 0 Å². The first-order valence-electron chi connectivity index (χ1n) is 10.0. The van der Waals surface area contributed by atoms with Crippen LogP contribution in [0.2, 0.25) is 0 Å². The minimum atomic E-state index is -0.0846. The van der Waals surface area contributed by atoms with E-state index in [1.807, 2.05) is 18.2 Å². The Labute approximate surface area is 172 Å². The summed E-state index contributed by atoms with van der Waals surface area (Å²) in [6.07, 6.45) is 2.09. The first-order chi connectivity index (χ1) is 14.0. The van der Waals surface area contributed by atoms with Gasteiger partial charge in [0.15, 0.2) is 0 Å². The van der Waals surface area contributed by atoms with E-state index in [0.717, 1.165) is 25.9 Å². The highest BCUT2D eigenvalue weighted by Gasteiger charge is 2.21. The monoisotopic (exact) mass is 395 g/mol. The molecule has 2 aromatic carbocycles. The van der Waals surface area contributed by atoms with Gasteiger partial charge in [-0.1, -0.05) is 36.4 Å². The van der Waals surface area contributed by atoms with Crippen molar-refractivity contribution in [2.75, 3.05) is 39.0 Å². The Morgan fingerprint density at radius 2 is 1.79 bits per heavy atom. The minimum Gasteiger partial charge on any atom is -0.373 e. The fraction of sp³-hybridized carbons (Fsp3) is 0.391. The van der Waals surface area contributed by atoms with Crippen LogP contribution >= 0.6 is 0 Å². The van der Waals surface area contributed by atoms with Crippen LogP contribution in [0.5, 0.6) is 0 Å². The Bertz CT molecular complexity index is 815. The number of likely N-dealkylation sites (tertiary alicyclic amines) is 1. The Morgan fingerprint density at radius 1 is 1.07 bits per heavy atom. The summed E-state index contributed by atoms with van der Waals surface area (Å²) in [5.74, 6) is -0.151. The molecule has 0 radical (unpaired) electrons. The lowest BCUT2D eigenvalue weighted by atomic mass is 10.1. The quantitative estimate of drug-likeness (QED) is 0.783. The van der Waals surface area contributed by atoms with Crippen LogP contribution in [-0.2, 0) is 16.1 Å².